The van der Waals surface area contributed by atoms with Crippen LogP contribution in [0.15, 0.2) is 12.3 Å². The fraction of sp³-hybridized carbons (Fsp3) is 0.611. The molecule has 0 aliphatic carbocycles. The van der Waals surface area contributed by atoms with Gasteiger partial charge in [-0.15, -0.1) is 11.3 Å². The summed E-state index contributed by atoms with van der Waals surface area (Å²) in [6.07, 6.45) is 6.36. The summed E-state index contributed by atoms with van der Waals surface area (Å²) < 4.78 is 1.74. The molecule has 0 unspecified atom stereocenters. The number of thiazole rings is 1. The van der Waals surface area contributed by atoms with Crippen LogP contribution in [0, 0.1) is 6.92 Å². The SMILES string of the molecule is CCCc1nc(C)c(CNC(=O)Cn2ccc([C@H]3CCCNC3)n2)s1. The Morgan fingerprint density at radius 2 is 2.40 bits per heavy atom. The fourth-order valence-electron chi connectivity index (χ4n) is 3.14. The van der Waals surface area contributed by atoms with E-state index in [1.54, 1.807) is 16.0 Å². The van der Waals surface area contributed by atoms with E-state index in [1.165, 1.54) is 12.8 Å². The number of hydrogen-bond donors (Lipinski definition) is 2. The molecule has 0 bridgehead atoms. The number of piperidine rings is 1. The van der Waals surface area contributed by atoms with Crippen LogP contribution in [0.5, 0.6) is 0 Å². The van der Waals surface area contributed by atoms with Crippen LogP contribution in [-0.2, 0) is 24.3 Å². The zero-order chi connectivity index (χ0) is 17.6. The monoisotopic (exact) mass is 361 g/mol. The van der Waals surface area contributed by atoms with E-state index in [4.69, 9.17) is 0 Å². The third-order valence-corrected chi connectivity index (χ3v) is 5.75. The van der Waals surface area contributed by atoms with Crippen LogP contribution in [0.4, 0.5) is 0 Å². The molecule has 6 nitrogen and oxygen atoms in total. The lowest BCUT2D eigenvalue weighted by molar-refractivity contribution is -0.122. The predicted octanol–water partition coefficient (Wildman–Crippen LogP) is 2.38. The second kappa shape index (κ2) is 8.58. The molecule has 1 fully saturated rings. The number of rotatable bonds is 7. The van der Waals surface area contributed by atoms with Gasteiger partial charge >= 0.3 is 0 Å². The quantitative estimate of drug-likeness (QED) is 0.794. The lowest BCUT2D eigenvalue weighted by Gasteiger charge is -2.20. The molecular formula is C18H27N5OS. The van der Waals surface area contributed by atoms with E-state index in [0.29, 0.717) is 12.5 Å². The first-order valence-electron chi connectivity index (χ1n) is 9.11. The van der Waals surface area contributed by atoms with Crippen LogP contribution < -0.4 is 10.6 Å². The number of amides is 1. The molecule has 1 aliphatic heterocycles. The van der Waals surface area contributed by atoms with Crippen molar-refractivity contribution in [3.05, 3.63) is 33.5 Å². The molecule has 3 heterocycles. The molecular weight excluding hydrogens is 334 g/mol. The summed E-state index contributed by atoms with van der Waals surface area (Å²) in [6.45, 7) is 7.05. The van der Waals surface area contributed by atoms with Crippen molar-refractivity contribution in [3.63, 3.8) is 0 Å². The summed E-state index contributed by atoms with van der Waals surface area (Å²) in [5.74, 6) is 0.455. The van der Waals surface area contributed by atoms with E-state index >= 15 is 0 Å². The second-order valence-corrected chi connectivity index (χ2v) is 7.79. The summed E-state index contributed by atoms with van der Waals surface area (Å²) >= 11 is 1.70. The number of aryl methyl sites for hydroxylation is 2. The minimum atomic E-state index is -0.0127. The maximum Gasteiger partial charge on any atom is 0.242 e. The summed E-state index contributed by atoms with van der Waals surface area (Å²) in [6, 6.07) is 2.04. The van der Waals surface area contributed by atoms with Crippen molar-refractivity contribution >= 4 is 17.2 Å². The van der Waals surface area contributed by atoms with Gasteiger partial charge in [-0.05, 0) is 45.2 Å². The third-order valence-electron chi connectivity index (χ3n) is 4.53. The number of carbonyl (C=O) groups excluding carboxylic acids is 1. The average Bonchev–Trinajstić information content (AvgIpc) is 3.21. The number of nitrogens with zero attached hydrogens (tertiary/aromatic N) is 3. The van der Waals surface area contributed by atoms with Crippen molar-refractivity contribution in [2.45, 2.75) is 58.5 Å². The highest BCUT2D eigenvalue weighted by atomic mass is 32.1. The molecule has 136 valence electrons. The largest absolute Gasteiger partial charge is 0.350 e. The molecule has 2 aromatic heterocycles. The highest BCUT2D eigenvalue weighted by Gasteiger charge is 2.18. The topological polar surface area (TPSA) is 71.8 Å². The lowest BCUT2D eigenvalue weighted by Crippen LogP contribution is -2.29. The van der Waals surface area contributed by atoms with Crippen LogP contribution in [-0.4, -0.2) is 33.8 Å². The standard InChI is InChI=1S/C18H27N5OS/c1-3-5-18-21-13(2)16(25-18)11-20-17(24)12-23-9-7-15(22-23)14-6-4-8-19-10-14/h7,9,14,19H,3-6,8,10-12H2,1-2H3,(H,20,24)/t14-/m0/s1. The van der Waals surface area contributed by atoms with Gasteiger partial charge in [0.25, 0.3) is 0 Å². The van der Waals surface area contributed by atoms with E-state index in [-0.39, 0.29) is 12.5 Å². The van der Waals surface area contributed by atoms with E-state index in [9.17, 15) is 4.79 Å². The van der Waals surface area contributed by atoms with Crippen molar-refractivity contribution in [1.29, 1.82) is 0 Å². The van der Waals surface area contributed by atoms with Crippen LogP contribution in [0.2, 0.25) is 0 Å². The molecule has 2 N–H and O–H groups in total. The van der Waals surface area contributed by atoms with E-state index < -0.39 is 0 Å². The minimum Gasteiger partial charge on any atom is -0.350 e. The third kappa shape index (κ3) is 4.89. The van der Waals surface area contributed by atoms with Gasteiger partial charge in [-0.25, -0.2) is 4.98 Å². The summed E-state index contributed by atoms with van der Waals surface area (Å²) in [7, 11) is 0. The Morgan fingerprint density at radius 3 is 3.16 bits per heavy atom. The van der Waals surface area contributed by atoms with Crippen LogP contribution in [0.1, 0.15) is 53.4 Å². The molecule has 0 aromatic carbocycles. The Bertz CT molecular complexity index is 702. The molecule has 2 aromatic rings. The maximum absolute atomic E-state index is 12.2. The molecule has 0 spiro atoms. The summed E-state index contributed by atoms with van der Waals surface area (Å²) in [4.78, 5) is 17.9. The van der Waals surface area contributed by atoms with Gasteiger partial charge in [0.1, 0.15) is 6.54 Å². The Kier molecular flexibility index (Phi) is 6.20. The van der Waals surface area contributed by atoms with Gasteiger partial charge in [-0.3, -0.25) is 9.48 Å². The number of aromatic nitrogens is 3. The van der Waals surface area contributed by atoms with Gasteiger partial charge < -0.3 is 10.6 Å². The molecule has 1 atom stereocenters. The van der Waals surface area contributed by atoms with Crippen molar-refractivity contribution in [2.24, 2.45) is 0 Å². The Balaban J connectivity index is 1.50. The van der Waals surface area contributed by atoms with E-state index in [0.717, 1.165) is 47.2 Å². The molecule has 1 amide bonds. The number of hydrogen-bond acceptors (Lipinski definition) is 5. The zero-order valence-electron chi connectivity index (χ0n) is 15.0. The molecule has 0 radical (unpaired) electrons. The van der Waals surface area contributed by atoms with E-state index in [2.05, 4.69) is 27.6 Å². The molecule has 3 rings (SSSR count). The van der Waals surface area contributed by atoms with Gasteiger partial charge in [0, 0.05) is 23.5 Å². The first kappa shape index (κ1) is 18.1. The van der Waals surface area contributed by atoms with Crippen molar-refractivity contribution in [1.82, 2.24) is 25.4 Å². The Hall–Kier alpha value is -1.73. The van der Waals surface area contributed by atoms with Gasteiger partial charge in [-0.1, -0.05) is 6.92 Å². The van der Waals surface area contributed by atoms with Gasteiger partial charge in [0.2, 0.25) is 5.91 Å². The molecule has 0 saturated carbocycles. The first-order valence-corrected chi connectivity index (χ1v) is 9.93. The van der Waals surface area contributed by atoms with Gasteiger partial charge in [-0.2, -0.15) is 5.10 Å². The first-order chi connectivity index (χ1) is 12.2. The lowest BCUT2D eigenvalue weighted by atomic mass is 9.97. The average molecular weight is 362 g/mol. The maximum atomic E-state index is 12.2. The number of carbonyl (C=O) groups is 1. The predicted molar refractivity (Wildman–Crippen MR) is 99.8 cm³/mol. The zero-order valence-corrected chi connectivity index (χ0v) is 15.9. The molecule has 25 heavy (non-hydrogen) atoms. The normalized spacial score (nSPS) is 17.6. The van der Waals surface area contributed by atoms with Crippen LogP contribution in [0.25, 0.3) is 0 Å². The van der Waals surface area contributed by atoms with Crippen LogP contribution in [0.3, 0.4) is 0 Å². The van der Waals surface area contributed by atoms with E-state index in [1.807, 2.05) is 19.2 Å². The molecule has 1 aliphatic rings. The van der Waals surface area contributed by atoms with Crippen molar-refractivity contribution < 1.29 is 4.79 Å². The highest BCUT2D eigenvalue weighted by molar-refractivity contribution is 7.11. The minimum absolute atomic E-state index is 0.0127. The Morgan fingerprint density at radius 1 is 1.52 bits per heavy atom. The number of nitrogens with one attached hydrogen (secondary N) is 2. The van der Waals surface area contributed by atoms with Gasteiger partial charge in [0.15, 0.2) is 0 Å². The smallest absolute Gasteiger partial charge is 0.242 e. The summed E-state index contributed by atoms with van der Waals surface area (Å²) in [5.41, 5.74) is 2.11. The van der Waals surface area contributed by atoms with Crippen molar-refractivity contribution in [3.8, 4) is 0 Å². The fourth-order valence-corrected chi connectivity index (χ4v) is 4.25. The second-order valence-electron chi connectivity index (χ2n) is 6.62. The van der Waals surface area contributed by atoms with Crippen molar-refractivity contribution in [2.75, 3.05) is 13.1 Å². The Labute approximate surface area is 153 Å². The molecule has 1 saturated heterocycles. The summed E-state index contributed by atoms with van der Waals surface area (Å²) in [5, 5.41) is 12.1. The van der Waals surface area contributed by atoms with Gasteiger partial charge in [0.05, 0.1) is 22.9 Å². The van der Waals surface area contributed by atoms with Crippen LogP contribution >= 0.6 is 11.3 Å². The highest BCUT2D eigenvalue weighted by Crippen LogP contribution is 2.21. The molecule has 7 heteroatoms.